The standard InChI is InChI=1S/C12H12O6/c1-16-8-4-3-6-7(10(8)17-2)5-9(13)18-11(6)12(14)15/h3-4,11H,5H2,1-2H3,(H,14,15). The summed E-state index contributed by atoms with van der Waals surface area (Å²) in [5.41, 5.74) is 0.917. The number of benzene rings is 1. The Morgan fingerprint density at radius 3 is 2.67 bits per heavy atom. The smallest absolute Gasteiger partial charge is 0.349 e. The van der Waals surface area contributed by atoms with Gasteiger partial charge in [-0.2, -0.15) is 0 Å². The Labute approximate surface area is 103 Å². The van der Waals surface area contributed by atoms with Gasteiger partial charge in [0.2, 0.25) is 6.10 Å². The minimum atomic E-state index is -1.29. The van der Waals surface area contributed by atoms with Gasteiger partial charge in [0.15, 0.2) is 11.5 Å². The van der Waals surface area contributed by atoms with Crippen molar-refractivity contribution in [3.63, 3.8) is 0 Å². The molecule has 1 aromatic rings. The molecule has 1 atom stereocenters. The molecule has 0 saturated carbocycles. The number of carbonyl (C=O) groups excluding carboxylic acids is 1. The van der Waals surface area contributed by atoms with Crippen LogP contribution in [0.5, 0.6) is 11.5 Å². The number of carboxylic acid groups (broad SMARTS) is 1. The molecule has 0 fully saturated rings. The topological polar surface area (TPSA) is 82.1 Å². The van der Waals surface area contributed by atoms with Crippen molar-refractivity contribution >= 4 is 11.9 Å². The number of hydrogen-bond acceptors (Lipinski definition) is 5. The van der Waals surface area contributed by atoms with Crippen molar-refractivity contribution in [1.29, 1.82) is 0 Å². The van der Waals surface area contributed by atoms with Gasteiger partial charge >= 0.3 is 11.9 Å². The predicted molar refractivity (Wildman–Crippen MR) is 59.7 cm³/mol. The number of carbonyl (C=O) groups is 2. The molecule has 6 nitrogen and oxygen atoms in total. The summed E-state index contributed by atoms with van der Waals surface area (Å²) in [6.07, 6.45) is -1.32. The summed E-state index contributed by atoms with van der Waals surface area (Å²) in [6, 6.07) is 3.16. The number of cyclic esters (lactones) is 1. The molecule has 0 amide bonds. The molecular formula is C12H12O6. The van der Waals surface area contributed by atoms with Gasteiger partial charge in [0, 0.05) is 11.1 Å². The van der Waals surface area contributed by atoms with E-state index < -0.39 is 18.0 Å². The molecule has 96 valence electrons. The molecule has 1 heterocycles. The molecule has 0 bridgehead atoms. The fraction of sp³-hybridized carbons (Fsp3) is 0.333. The molecule has 1 aliphatic rings. The van der Waals surface area contributed by atoms with Gasteiger partial charge in [0.05, 0.1) is 20.6 Å². The highest BCUT2D eigenvalue weighted by Gasteiger charge is 2.34. The van der Waals surface area contributed by atoms with Crippen LogP contribution in [-0.2, 0) is 20.7 Å². The van der Waals surface area contributed by atoms with Crippen molar-refractivity contribution in [2.45, 2.75) is 12.5 Å². The molecule has 1 unspecified atom stereocenters. The molecule has 18 heavy (non-hydrogen) atoms. The maximum Gasteiger partial charge on any atom is 0.349 e. The lowest BCUT2D eigenvalue weighted by atomic mass is 9.95. The number of aliphatic carboxylic acids is 1. The van der Waals surface area contributed by atoms with E-state index in [1.165, 1.54) is 14.2 Å². The third-order valence-corrected chi connectivity index (χ3v) is 2.76. The highest BCUT2D eigenvalue weighted by Crippen LogP contribution is 2.39. The van der Waals surface area contributed by atoms with Crippen LogP contribution in [0.3, 0.4) is 0 Å². The van der Waals surface area contributed by atoms with Crippen LogP contribution in [0.25, 0.3) is 0 Å². The fourth-order valence-electron chi connectivity index (χ4n) is 2.00. The van der Waals surface area contributed by atoms with Gasteiger partial charge in [0.1, 0.15) is 0 Å². The molecule has 0 aliphatic carbocycles. The van der Waals surface area contributed by atoms with Crippen molar-refractivity contribution in [2.24, 2.45) is 0 Å². The number of ether oxygens (including phenoxy) is 3. The summed E-state index contributed by atoms with van der Waals surface area (Å²) in [5, 5.41) is 9.04. The lowest BCUT2D eigenvalue weighted by Crippen LogP contribution is -2.27. The van der Waals surface area contributed by atoms with Gasteiger partial charge < -0.3 is 19.3 Å². The van der Waals surface area contributed by atoms with Gasteiger partial charge in [0.25, 0.3) is 0 Å². The Kier molecular flexibility index (Phi) is 3.10. The van der Waals surface area contributed by atoms with Crippen molar-refractivity contribution in [1.82, 2.24) is 0 Å². The number of esters is 1. The van der Waals surface area contributed by atoms with Crippen molar-refractivity contribution in [3.05, 3.63) is 23.3 Å². The Morgan fingerprint density at radius 1 is 1.39 bits per heavy atom. The van der Waals surface area contributed by atoms with E-state index in [0.717, 1.165) is 0 Å². The maximum atomic E-state index is 11.4. The first kappa shape index (κ1) is 12.2. The van der Waals surface area contributed by atoms with E-state index in [1.807, 2.05) is 0 Å². The predicted octanol–water partition coefficient (Wildman–Crippen LogP) is 0.929. The van der Waals surface area contributed by atoms with E-state index >= 15 is 0 Å². The average Bonchev–Trinajstić information content (AvgIpc) is 2.35. The highest BCUT2D eigenvalue weighted by atomic mass is 16.6. The van der Waals surface area contributed by atoms with E-state index in [2.05, 4.69) is 0 Å². The normalized spacial score (nSPS) is 17.7. The first-order valence-corrected chi connectivity index (χ1v) is 5.24. The second-order valence-corrected chi connectivity index (χ2v) is 3.75. The summed E-state index contributed by atoms with van der Waals surface area (Å²) in [6.45, 7) is 0. The third-order valence-electron chi connectivity index (χ3n) is 2.76. The Balaban J connectivity index is 2.61. The van der Waals surface area contributed by atoms with Gasteiger partial charge in [-0.05, 0) is 6.07 Å². The zero-order chi connectivity index (χ0) is 13.3. The minimum Gasteiger partial charge on any atom is -0.493 e. The first-order valence-electron chi connectivity index (χ1n) is 5.24. The van der Waals surface area contributed by atoms with Crippen LogP contribution in [0, 0.1) is 0 Å². The molecule has 0 saturated heterocycles. The van der Waals surface area contributed by atoms with Gasteiger partial charge in [-0.25, -0.2) is 4.79 Å². The summed E-state index contributed by atoms with van der Waals surface area (Å²) in [4.78, 5) is 22.5. The molecule has 1 aromatic carbocycles. The molecule has 2 rings (SSSR count). The first-order chi connectivity index (χ1) is 8.58. The quantitative estimate of drug-likeness (QED) is 0.806. The largest absolute Gasteiger partial charge is 0.493 e. The Bertz CT molecular complexity index is 508. The van der Waals surface area contributed by atoms with Crippen LogP contribution in [0.4, 0.5) is 0 Å². The van der Waals surface area contributed by atoms with Gasteiger partial charge in [-0.3, -0.25) is 4.79 Å². The highest BCUT2D eigenvalue weighted by molar-refractivity contribution is 5.85. The van der Waals surface area contributed by atoms with Crippen LogP contribution < -0.4 is 9.47 Å². The number of fused-ring (bicyclic) bond motifs is 1. The van der Waals surface area contributed by atoms with E-state index in [4.69, 9.17) is 19.3 Å². The summed E-state index contributed by atoms with van der Waals surface area (Å²) >= 11 is 0. The molecule has 1 N–H and O–H groups in total. The van der Waals surface area contributed by atoms with E-state index in [9.17, 15) is 9.59 Å². The summed E-state index contributed by atoms with van der Waals surface area (Å²) in [7, 11) is 2.91. The molecule has 1 aliphatic heterocycles. The Hall–Kier alpha value is -2.24. The average molecular weight is 252 g/mol. The molecule has 6 heteroatoms. The van der Waals surface area contributed by atoms with E-state index in [1.54, 1.807) is 12.1 Å². The molecule has 0 spiro atoms. The third kappa shape index (κ3) is 1.85. The summed E-state index contributed by atoms with van der Waals surface area (Å²) < 4.78 is 15.1. The Morgan fingerprint density at radius 2 is 2.11 bits per heavy atom. The summed E-state index contributed by atoms with van der Waals surface area (Å²) in [5.74, 6) is -0.981. The van der Waals surface area contributed by atoms with Crippen molar-refractivity contribution < 1.29 is 28.9 Å². The monoisotopic (exact) mass is 252 g/mol. The van der Waals surface area contributed by atoms with Crippen LogP contribution >= 0.6 is 0 Å². The lowest BCUT2D eigenvalue weighted by Gasteiger charge is -2.24. The molecule has 0 radical (unpaired) electrons. The molecular weight excluding hydrogens is 240 g/mol. The number of carboxylic acids is 1. The van der Waals surface area contributed by atoms with Gasteiger partial charge in [-0.1, -0.05) is 6.07 Å². The lowest BCUT2D eigenvalue weighted by molar-refractivity contribution is -0.165. The van der Waals surface area contributed by atoms with Crippen LogP contribution in [-0.4, -0.2) is 31.3 Å². The number of hydrogen-bond donors (Lipinski definition) is 1. The van der Waals surface area contributed by atoms with E-state index in [-0.39, 0.29) is 6.42 Å². The minimum absolute atomic E-state index is 0.0283. The zero-order valence-corrected chi connectivity index (χ0v) is 9.93. The van der Waals surface area contributed by atoms with Crippen LogP contribution in [0.15, 0.2) is 12.1 Å². The van der Waals surface area contributed by atoms with Crippen molar-refractivity contribution in [3.8, 4) is 11.5 Å². The van der Waals surface area contributed by atoms with Crippen LogP contribution in [0.2, 0.25) is 0 Å². The molecule has 0 aromatic heterocycles. The second kappa shape index (κ2) is 4.56. The SMILES string of the molecule is COc1ccc2c(c1OC)CC(=O)OC2C(=O)O. The van der Waals surface area contributed by atoms with E-state index in [0.29, 0.717) is 22.6 Å². The fourth-order valence-corrected chi connectivity index (χ4v) is 2.00. The number of methoxy groups -OCH3 is 2. The zero-order valence-electron chi connectivity index (χ0n) is 9.93. The van der Waals surface area contributed by atoms with Crippen LogP contribution in [0.1, 0.15) is 17.2 Å². The number of rotatable bonds is 3. The van der Waals surface area contributed by atoms with Gasteiger partial charge in [-0.15, -0.1) is 0 Å². The maximum absolute atomic E-state index is 11.4. The second-order valence-electron chi connectivity index (χ2n) is 3.75. The van der Waals surface area contributed by atoms with Crippen molar-refractivity contribution in [2.75, 3.05) is 14.2 Å².